The van der Waals surface area contributed by atoms with Gasteiger partial charge in [0.2, 0.25) is 0 Å². The maximum Gasteiger partial charge on any atom is 0.0940 e. The van der Waals surface area contributed by atoms with E-state index in [0.717, 1.165) is 9.42 Å². The van der Waals surface area contributed by atoms with Gasteiger partial charge in [0.15, 0.2) is 0 Å². The van der Waals surface area contributed by atoms with Crippen LogP contribution >= 0.6 is 47.3 Å². The normalized spacial score (nSPS) is 10.0. The standard InChI is InChI=1S/C5H5ClS3/c6-4-1-2-5(9-4)8-3-7/h1-2,7H,3H2. The molecular formula is C5H5ClS3. The summed E-state index contributed by atoms with van der Waals surface area (Å²) in [6.07, 6.45) is 0. The van der Waals surface area contributed by atoms with Crippen LogP contribution < -0.4 is 0 Å². The number of halogens is 1. The summed E-state index contributed by atoms with van der Waals surface area (Å²) in [5, 5.41) is 0.816. The monoisotopic (exact) mass is 196 g/mol. The zero-order valence-electron chi connectivity index (χ0n) is 4.50. The molecular weight excluding hydrogens is 192 g/mol. The maximum absolute atomic E-state index is 5.68. The molecule has 0 spiro atoms. The Hall–Kier alpha value is 0.690. The minimum Gasteiger partial charge on any atom is -0.168 e. The molecule has 0 saturated heterocycles. The van der Waals surface area contributed by atoms with Crippen molar-refractivity contribution in [3.05, 3.63) is 16.5 Å². The van der Waals surface area contributed by atoms with E-state index in [1.54, 1.807) is 23.1 Å². The molecule has 0 saturated carbocycles. The van der Waals surface area contributed by atoms with E-state index in [4.69, 9.17) is 11.6 Å². The smallest absolute Gasteiger partial charge is 0.0940 e. The van der Waals surface area contributed by atoms with Crippen molar-refractivity contribution < 1.29 is 0 Å². The minimum atomic E-state index is 0.816. The summed E-state index contributed by atoms with van der Waals surface area (Å²) in [4.78, 5) is 0. The molecule has 0 aliphatic carbocycles. The van der Waals surface area contributed by atoms with Crippen LogP contribution in [0.1, 0.15) is 0 Å². The molecule has 0 bridgehead atoms. The summed E-state index contributed by atoms with van der Waals surface area (Å²) in [6.45, 7) is 0. The van der Waals surface area contributed by atoms with E-state index >= 15 is 0 Å². The first-order valence-electron chi connectivity index (χ1n) is 2.32. The number of hydrogen-bond acceptors (Lipinski definition) is 3. The summed E-state index contributed by atoms with van der Waals surface area (Å²) < 4.78 is 2.08. The van der Waals surface area contributed by atoms with Crippen LogP contribution in [0.3, 0.4) is 0 Å². The second-order valence-electron chi connectivity index (χ2n) is 1.33. The largest absolute Gasteiger partial charge is 0.168 e. The third-order valence-corrected chi connectivity index (χ3v) is 3.32. The van der Waals surface area contributed by atoms with E-state index in [2.05, 4.69) is 12.6 Å². The zero-order chi connectivity index (χ0) is 6.69. The first-order chi connectivity index (χ1) is 4.33. The van der Waals surface area contributed by atoms with Crippen molar-refractivity contribution >= 4 is 47.3 Å². The Balaban J connectivity index is 2.61. The average molecular weight is 197 g/mol. The van der Waals surface area contributed by atoms with Gasteiger partial charge in [-0.2, -0.15) is 12.6 Å². The lowest BCUT2D eigenvalue weighted by Gasteiger charge is -1.85. The van der Waals surface area contributed by atoms with Crippen molar-refractivity contribution in [1.82, 2.24) is 0 Å². The second-order valence-corrected chi connectivity index (χ2v) is 5.07. The van der Waals surface area contributed by atoms with Gasteiger partial charge in [0, 0.05) is 5.08 Å². The fourth-order valence-corrected chi connectivity index (χ4v) is 3.01. The molecule has 0 nitrogen and oxygen atoms in total. The van der Waals surface area contributed by atoms with Gasteiger partial charge in [-0.15, -0.1) is 23.1 Å². The third kappa shape index (κ3) is 2.42. The van der Waals surface area contributed by atoms with Crippen LogP contribution in [0.5, 0.6) is 0 Å². The number of hydrogen-bond donors (Lipinski definition) is 1. The molecule has 50 valence electrons. The summed E-state index contributed by atoms with van der Waals surface area (Å²) in [5.74, 6) is 0. The number of thiophene rings is 1. The SMILES string of the molecule is SCSc1ccc(Cl)s1. The van der Waals surface area contributed by atoms with Crippen molar-refractivity contribution in [2.45, 2.75) is 4.21 Å². The first kappa shape index (κ1) is 7.79. The van der Waals surface area contributed by atoms with Gasteiger partial charge in [0.1, 0.15) is 0 Å². The van der Waals surface area contributed by atoms with E-state index in [-0.39, 0.29) is 0 Å². The van der Waals surface area contributed by atoms with Gasteiger partial charge in [-0.1, -0.05) is 11.6 Å². The lowest BCUT2D eigenvalue weighted by atomic mass is 10.7. The van der Waals surface area contributed by atoms with Crippen molar-refractivity contribution in [3.8, 4) is 0 Å². The summed E-state index contributed by atoms with van der Waals surface area (Å²) in [7, 11) is 0. The highest BCUT2D eigenvalue weighted by Gasteiger charge is 1.94. The third-order valence-electron chi connectivity index (χ3n) is 0.755. The van der Waals surface area contributed by atoms with Crippen molar-refractivity contribution in [2.24, 2.45) is 0 Å². The lowest BCUT2D eigenvalue weighted by molar-refractivity contribution is 1.74. The van der Waals surface area contributed by atoms with E-state index in [9.17, 15) is 0 Å². The van der Waals surface area contributed by atoms with Crippen LogP contribution in [0.2, 0.25) is 4.34 Å². The van der Waals surface area contributed by atoms with E-state index in [1.807, 2.05) is 12.1 Å². The lowest BCUT2D eigenvalue weighted by Crippen LogP contribution is -1.55. The van der Waals surface area contributed by atoms with Gasteiger partial charge in [-0.05, 0) is 12.1 Å². The van der Waals surface area contributed by atoms with Crippen LogP contribution in [0.4, 0.5) is 0 Å². The molecule has 0 unspecified atom stereocenters. The van der Waals surface area contributed by atoms with Crippen LogP contribution in [0.15, 0.2) is 16.3 Å². The van der Waals surface area contributed by atoms with E-state index in [1.165, 1.54) is 4.21 Å². The molecule has 0 aromatic carbocycles. The molecule has 4 heteroatoms. The molecule has 0 aliphatic rings. The Morgan fingerprint density at radius 1 is 1.67 bits per heavy atom. The molecule has 0 N–H and O–H groups in total. The van der Waals surface area contributed by atoms with Gasteiger partial charge < -0.3 is 0 Å². The quantitative estimate of drug-likeness (QED) is 0.430. The summed E-state index contributed by atoms with van der Waals surface area (Å²) >= 11 is 13.0. The second kappa shape index (κ2) is 3.76. The Bertz CT molecular complexity index is 184. The summed E-state index contributed by atoms with van der Waals surface area (Å²) in [5.41, 5.74) is 0. The summed E-state index contributed by atoms with van der Waals surface area (Å²) in [6, 6.07) is 3.91. The van der Waals surface area contributed by atoms with E-state index in [0.29, 0.717) is 0 Å². The first-order valence-corrected chi connectivity index (χ1v) is 5.13. The average Bonchev–Trinajstić information content (AvgIpc) is 2.17. The van der Waals surface area contributed by atoms with Crippen molar-refractivity contribution in [1.29, 1.82) is 0 Å². The topological polar surface area (TPSA) is 0 Å². The molecule has 0 fully saturated rings. The van der Waals surface area contributed by atoms with Crippen molar-refractivity contribution in [2.75, 3.05) is 5.08 Å². The fraction of sp³-hybridized carbons (Fsp3) is 0.200. The predicted molar refractivity (Wildman–Crippen MR) is 49.0 cm³/mol. The Kier molecular flexibility index (Phi) is 3.26. The van der Waals surface area contributed by atoms with Gasteiger partial charge in [-0.25, -0.2) is 0 Å². The highest BCUT2D eigenvalue weighted by Crippen LogP contribution is 2.30. The van der Waals surface area contributed by atoms with Crippen LogP contribution in [0.25, 0.3) is 0 Å². The fourth-order valence-electron chi connectivity index (χ4n) is 0.439. The highest BCUT2D eigenvalue weighted by molar-refractivity contribution is 8.10. The van der Waals surface area contributed by atoms with Crippen molar-refractivity contribution in [3.63, 3.8) is 0 Å². The Labute approximate surface area is 73.0 Å². The number of thioether (sulfide) groups is 1. The Morgan fingerprint density at radius 2 is 2.44 bits per heavy atom. The maximum atomic E-state index is 5.68. The molecule has 1 rings (SSSR count). The highest BCUT2D eigenvalue weighted by atomic mass is 35.5. The Morgan fingerprint density at radius 3 is 2.89 bits per heavy atom. The number of thiol groups is 1. The molecule has 0 atom stereocenters. The predicted octanol–water partition coefficient (Wildman–Crippen LogP) is 3.38. The number of rotatable bonds is 2. The van der Waals surface area contributed by atoms with Gasteiger partial charge in [0.05, 0.1) is 8.55 Å². The van der Waals surface area contributed by atoms with Crippen LogP contribution in [-0.4, -0.2) is 5.08 Å². The molecule has 0 radical (unpaired) electrons. The molecule has 0 amide bonds. The van der Waals surface area contributed by atoms with Gasteiger partial charge >= 0.3 is 0 Å². The van der Waals surface area contributed by atoms with Gasteiger partial charge in [0.25, 0.3) is 0 Å². The molecule has 1 heterocycles. The molecule has 1 aromatic rings. The van der Waals surface area contributed by atoms with Crippen LogP contribution in [-0.2, 0) is 0 Å². The molecule has 0 aliphatic heterocycles. The van der Waals surface area contributed by atoms with Crippen LogP contribution in [0, 0.1) is 0 Å². The minimum absolute atomic E-state index is 0.816. The zero-order valence-corrected chi connectivity index (χ0v) is 7.79. The molecule has 1 aromatic heterocycles. The molecule has 9 heavy (non-hydrogen) atoms. The van der Waals surface area contributed by atoms with Gasteiger partial charge in [-0.3, -0.25) is 0 Å². The van der Waals surface area contributed by atoms with E-state index < -0.39 is 0 Å².